The number of carbonyl (C=O) groups excluding carboxylic acids is 1. The summed E-state index contributed by atoms with van der Waals surface area (Å²) in [5.41, 5.74) is 0. The Hall–Kier alpha value is -1.26. The highest BCUT2D eigenvalue weighted by Gasteiger charge is 2.32. The maximum Gasteiger partial charge on any atom is 0.320 e. The number of urea groups is 1. The van der Waals surface area contributed by atoms with Gasteiger partial charge in [-0.25, -0.2) is 4.79 Å². The molecule has 1 fully saturated rings. The average molecular weight is 298 g/mol. The Morgan fingerprint density at radius 2 is 1.90 bits per heavy atom. The minimum absolute atomic E-state index is 0.0882. The van der Waals surface area contributed by atoms with E-state index < -0.39 is 5.97 Å². The van der Waals surface area contributed by atoms with E-state index in [9.17, 15) is 9.59 Å². The Labute approximate surface area is 128 Å². The molecule has 0 aromatic heterocycles. The highest BCUT2D eigenvalue weighted by molar-refractivity contribution is 5.75. The van der Waals surface area contributed by atoms with Crippen LogP contribution in [0.2, 0.25) is 0 Å². The van der Waals surface area contributed by atoms with E-state index in [0.29, 0.717) is 19.0 Å². The van der Waals surface area contributed by atoms with Crippen molar-refractivity contribution in [3.63, 3.8) is 0 Å². The summed E-state index contributed by atoms with van der Waals surface area (Å²) in [4.78, 5) is 27.4. The van der Waals surface area contributed by atoms with Crippen LogP contribution in [-0.4, -0.2) is 52.6 Å². The number of nitrogens with zero attached hydrogens (tertiary/aromatic N) is 2. The number of amides is 2. The molecule has 1 saturated heterocycles. The number of carbonyl (C=O) groups is 2. The molecule has 0 aromatic carbocycles. The van der Waals surface area contributed by atoms with E-state index in [1.807, 2.05) is 9.80 Å². The molecule has 1 atom stereocenters. The van der Waals surface area contributed by atoms with Crippen molar-refractivity contribution in [1.82, 2.24) is 9.80 Å². The van der Waals surface area contributed by atoms with Crippen LogP contribution in [0.15, 0.2) is 0 Å². The fourth-order valence-corrected chi connectivity index (χ4v) is 3.11. The van der Waals surface area contributed by atoms with Gasteiger partial charge in [-0.1, -0.05) is 27.7 Å². The van der Waals surface area contributed by atoms with Gasteiger partial charge in [0.2, 0.25) is 0 Å². The van der Waals surface area contributed by atoms with Crippen LogP contribution in [0.1, 0.15) is 53.4 Å². The third kappa shape index (κ3) is 5.21. The largest absolute Gasteiger partial charge is 0.481 e. The highest BCUT2D eigenvalue weighted by Crippen LogP contribution is 2.23. The summed E-state index contributed by atoms with van der Waals surface area (Å²) in [5.74, 6) is -0.227. The van der Waals surface area contributed by atoms with Crippen LogP contribution in [0.25, 0.3) is 0 Å². The normalized spacial score (nSPS) is 18.6. The zero-order valence-corrected chi connectivity index (χ0v) is 13.8. The quantitative estimate of drug-likeness (QED) is 0.786. The molecule has 5 heteroatoms. The first-order valence-corrected chi connectivity index (χ1v) is 8.16. The second kappa shape index (κ2) is 8.25. The second-order valence-corrected chi connectivity index (χ2v) is 6.50. The van der Waals surface area contributed by atoms with E-state index >= 15 is 0 Å². The molecule has 2 amide bonds. The van der Waals surface area contributed by atoms with E-state index in [2.05, 4.69) is 27.7 Å². The zero-order chi connectivity index (χ0) is 16.0. The molecule has 0 bridgehead atoms. The molecule has 1 aliphatic heterocycles. The van der Waals surface area contributed by atoms with Gasteiger partial charge in [-0.3, -0.25) is 4.79 Å². The van der Waals surface area contributed by atoms with Gasteiger partial charge in [0.05, 0.1) is 0 Å². The Morgan fingerprint density at radius 3 is 2.38 bits per heavy atom. The van der Waals surface area contributed by atoms with Crippen LogP contribution in [0.4, 0.5) is 4.79 Å². The van der Waals surface area contributed by atoms with Gasteiger partial charge in [0.15, 0.2) is 0 Å². The van der Waals surface area contributed by atoms with E-state index in [-0.39, 0.29) is 24.4 Å². The first kappa shape index (κ1) is 17.8. The molecule has 1 unspecified atom stereocenters. The second-order valence-electron chi connectivity index (χ2n) is 6.50. The summed E-state index contributed by atoms with van der Waals surface area (Å²) in [7, 11) is 0. The highest BCUT2D eigenvalue weighted by atomic mass is 16.4. The van der Waals surface area contributed by atoms with Crippen molar-refractivity contribution in [3.05, 3.63) is 0 Å². The molecule has 0 aromatic rings. The number of rotatable bonds is 7. The van der Waals surface area contributed by atoms with Gasteiger partial charge < -0.3 is 14.9 Å². The third-order valence-electron chi connectivity index (χ3n) is 4.21. The predicted octanol–water partition coefficient (Wildman–Crippen LogP) is 3.05. The maximum absolute atomic E-state index is 12.8. The van der Waals surface area contributed by atoms with Crippen molar-refractivity contribution in [2.75, 3.05) is 19.6 Å². The summed E-state index contributed by atoms with van der Waals surface area (Å²) in [6.07, 6.45) is 2.89. The standard InChI is InChI=1S/C16H30N2O3/c1-5-14(6-2)18(10-12(3)4)16(21)17-8-7-13(11-17)9-15(19)20/h12-14H,5-11H2,1-4H3,(H,19,20). The van der Waals surface area contributed by atoms with Crippen LogP contribution < -0.4 is 0 Å². The number of hydrogen-bond acceptors (Lipinski definition) is 2. The molecule has 0 radical (unpaired) electrons. The molecular weight excluding hydrogens is 268 g/mol. The number of aliphatic carboxylic acids is 1. The Balaban J connectivity index is 2.70. The van der Waals surface area contributed by atoms with Crippen LogP contribution in [0.5, 0.6) is 0 Å². The third-order valence-corrected chi connectivity index (χ3v) is 4.21. The predicted molar refractivity (Wildman–Crippen MR) is 83.2 cm³/mol. The number of carboxylic acids is 1. The Morgan fingerprint density at radius 1 is 1.29 bits per heavy atom. The van der Waals surface area contributed by atoms with Gasteiger partial charge in [0.1, 0.15) is 0 Å². The summed E-state index contributed by atoms with van der Waals surface area (Å²) in [6.45, 7) is 10.5. The number of hydrogen-bond donors (Lipinski definition) is 1. The van der Waals surface area contributed by atoms with Crippen molar-refractivity contribution >= 4 is 12.0 Å². The van der Waals surface area contributed by atoms with Crippen molar-refractivity contribution in [3.8, 4) is 0 Å². The van der Waals surface area contributed by atoms with Gasteiger partial charge in [0, 0.05) is 32.1 Å². The Kier molecular flexibility index (Phi) is 6.99. The molecule has 5 nitrogen and oxygen atoms in total. The van der Waals surface area contributed by atoms with Crippen LogP contribution in [0, 0.1) is 11.8 Å². The Bertz CT molecular complexity index is 353. The molecule has 1 N–H and O–H groups in total. The summed E-state index contributed by atoms with van der Waals surface area (Å²) < 4.78 is 0. The fourth-order valence-electron chi connectivity index (χ4n) is 3.11. The summed E-state index contributed by atoms with van der Waals surface area (Å²) in [5, 5.41) is 8.88. The average Bonchev–Trinajstić information content (AvgIpc) is 2.85. The lowest BCUT2D eigenvalue weighted by molar-refractivity contribution is -0.138. The molecule has 1 aliphatic rings. The van der Waals surface area contributed by atoms with E-state index in [1.54, 1.807) is 0 Å². The van der Waals surface area contributed by atoms with Crippen molar-refractivity contribution in [2.24, 2.45) is 11.8 Å². The fraction of sp³-hybridized carbons (Fsp3) is 0.875. The molecule has 0 aliphatic carbocycles. The van der Waals surface area contributed by atoms with Gasteiger partial charge in [-0.05, 0) is 31.1 Å². The zero-order valence-electron chi connectivity index (χ0n) is 13.8. The summed E-state index contributed by atoms with van der Waals surface area (Å²) in [6, 6.07) is 0.365. The molecule has 21 heavy (non-hydrogen) atoms. The van der Waals surface area contributed by atoms with Crippen molar-refractivity contribution in [2.45, 2.75) is 59.4 Å². The van der Waals surface area contributed by atoms with Gasteiger partial charge in [-0.2, -0.15) is 0 Å². The number of likely N-dealkylation sites (tertiary alicyclic amines) is 1. The maximum atomic E-state index is 12.8. The van der Waals surface area contributed by atoms with Gasteiger partial charge >= 0.3 is 12.0 Å². The molecule has 1 heterocycles. The SMILES string of the molecule is CCC(CC)N(CC(C)C)C(=O)N1CCC(CC(=O)O)C1. The minimum Gasteiger partial charge on any atom is -0.481 e. The topological polar surface area (TPSA) is 60.9 Å². The van der Waals surface area contributed by atoms with Gasteiger partial charge in [-0.15, -0.1) is 0 Å². The number of carboxylic acid groups (broad SMARTS) is 1. The summed E-state index contributed by atoms with van der Waals surface area (Å²) >= 11 is 0. The first-order chi connectivity index (χ1) is 9.88. The molecule has 0 spiro atoms. The molecule has 122 valence electrons. The van der Waals surface area contributed by atoms with Crippen LogP contribution in [-0.2, 0) is 4.79 Å². The van der Waals surface area contributed by atoms with Crippen LogP contribution >= 0.6 is 0 Å². The van der Waals surface area contributed by atoms with E-state index in [4.69, 9.17) is 5.11 Å². The van der Waals surface area contributed by atoms with Crippen LogP contribution in [0.3, 0.4) is 0 Å². The van der Waals surface area contributed by atoms with E-state index in [1.165, 1.54) is 0 Å². The molecule has 0 saturated carbocycles. The monoisotopic (exact) mass is 298 g/mol. The first-order valence-electron chi connectivity index (χ1n) is 8.16. The van der Waals surface area contributed by atoms with Crippen molar-refractivity contribution < 1.29 is 14.7 Å². The lowest BCUT2D eigenvalue weighted by Gasteiger charge is -2.35. The minimum atomic E-state index is -0.770. The molecule has 1 rings (SSSR count). The smallest absolute Gasteiger partial charge is 0.320 e. The van der Waals surface area contributed by atoms with Gasteiger partial charge in [0.25, 0.3) is 0 Å². The van der Waals surface area contributed by atoms with Crippen molar-refractivity contribution in [1.29, 1.82) is 0 Å². The molecular formula is C16H30N2O3. The van der Waals surface area contributed by atoms with E-state index in [0.717, 1.165) is 25.8 Å². The lowest BCUT2D eigenvalue weighted by atomic mass is 10.1. The lowest BCUT2D eigenvalue weighted by Crippen LogP contribution is -2.48.